The highest BCUT2D eigenvalue weighted by atomic mass is 79.9. The monoisotopic (exact) mass is 324 g/mol. The summed E-state index contributed by atoms with van der Waals surface area (Å²) in [7, 11) is 0. The van der Waals surface area contributed by atoms with E-state index < -0.39 is 6.10 Å². The summed E-state index contributed by atoms with van der Waals surface area (Å²) < 4.78 is 6.28. The van der Waals surface area contributed by atoms with Gasteiger partial charge in [-0.2, -0.15) is 4.98 Å². The number of nitrogens with zero attached hydrogens (tertiary/aromatic N) is 2. The summed E-state index contributed by atoms with van der Waals surface area (Å²) in [5.41, 5.74) is 2.05. The Hall–Kier alpha value is -1.20. The number of aromatic nitrogens is 2. The minimum absolute atomic E-state index is 0.116. The fraction of sp³-hybridized carbons (Fsp3) is 0.429. The summed E-state index contributed by atoms with van der Waals surface area (Å²) in [5, 5.41) is 13.7. The number of rotatable bonds is 4. The summed E-state index contributed by atoms with van der Waals surface area (Å²) in [4.78, 5) is 4.39. The molecule has 0 saturated heterocycles. The molecular weight excluding hydrogens is 308 g/mol. The molecule has 2 atom stereocenters. The van der Waals surface area contributed by atoms with Gasteiger partial charge in [-0.3, -0.25) is 0 Å². The van der Waals surface area contributed by atoms with Crippen molar-refractivity contribution < 1.29 is 9.63 Å². The predicted octanol–water partition coefficient (Wildman–Crippen LogP) is 3.68. The third-order valence-corrected chi connectivity index (χ3v) is 4.07. The van der Waals surface area contributed by atoms with Crippen LogP contribution in [0.4, 0.5) is 0 Å². The van der Waals surface area contributed by atoms with E-state index in [0.717, 1.165) is 22.0 Å². The molecule has 2 aromatic rings. The summed E-state index contributed by atoms with van der Waals surface area (Å²) in [5.74, 6) is 0.925. The highest BCUT2D eigenvalue weighted by Gasteiger charge is 2.22. The lowest BCUT2D eigenvalue weighted by Gasteiger charge is -2.12. The maximum atomic E-state index is 9.69. The molecule has 0 aliphatic heterocycles. The maximum absolute atomic E-state index is 9.69. The third-order valence-electron chi connectivity index (χ3n) is 3.21. The van der Waals surface area contributed by atoms with Gasteiger partial charge in [-0.05, 0) is 31.9 Å². The van der Waals surface area contributed by atoms with Gasteiger partial charge < -0.3 is 9.63 Å². The average molecular weight is 325 g/mol. The van der Waals surface area contributed by atoms with Crippen molar-refractivity contribution in [2.24, 2.45) is 0 Å². The van der Waals surface area contributed by atoms with Gasteiger partial charge in [0.2, 0.25) is 11.7 Å². The quantitative estimate of drug-likeness (QED) is 0.931. The first-order valence-corrected chi connectivity index (χ1v) is 7.10. The van der Waals surface area contributed by atoms with Crippen molar-refractivity contribution in [2.75, 3.05) is 0 Å². The van der Waals surface area contributed by atoms with Crippen LogP contribution >= 0.6 is 15.9 Å². The summed E-state index contributed by atoms with van der Waals surface area (Å²) in [6.45, 7) is 5.75. The first-order valence-electron chi connectivity index (χ1n) is 6.31. The zero-order valence-electron chi connectivity index (χ0n) is 11.2. The van der Waals surface area contributed by atoms with Crippen LogP contribution in [-0.4, -0.2) is 21.4 Å². The molecule has 1 N–H and O–H groups in total. The highest BCUT2D eigenvalue weighted by Crippen LogP contribution is 2.27. The first-order chi connectivity index (χ1) is 9.02. The van der Waals surface area contributed by atoms with Crippen LogP contribution in [0.3, 0.4) is 0 Å². The van der Waals surface area contributed by atoms with E-state index >= 15 is 0 Å². The number of aliphatic hydroxyl groups is 1. The van der Waals surface area contributed by atoms with Gasteiger partial charge in [0.05, 0.1) is 12.0 Å². The largest absolute Gasteiger partial charge is 0.393 e. The normalized spacial score (nSPS) is 14.4. The topological polar surface area (TPSA) is 59.2 Å². The number of aryl methyl sites for hydroxylation is 1. The molecule has 0 saturated carbocycles. The number of aliphatic hydroxyl groups excluding tert-OH is 1. The molecule has 19 heavy (non-hydrogen) atoms. The standard InChI is InChI=1S/C14H17BrN2O2/c1-4-11(9(3)18)14-16-13(17-19-14)10-6-5-8(2)12(15)7-10/h5-7,9,11,18H,4H2,1-3H3. The van der Waals surface area contributed by atoms with Crippen LogP contribution in [0, 0.1) is 6.92 Å². The minimum Gasteiger partial charge on any atom is -0.393 e. The van der Waals surface area contributed by atoms with Crippen molar-refractivity contribution in [3.63, 3.8) is 0 Å². The van der Waals surface area contributed by atoms with Crippen LogP contribution in [0.25, 0.3) is 11.4 Å². The molecule has 1 aromatic carbocycles. The van der Waals surface area contributed by atoms with E-state index in [1.54, 1.807) is 6.92 Å². The maximum Gasteiger partial charge on any atom is 0.232 e. The summed E-state index contributed by atoms with van der Waals surface area (Å²) in [6.07, 6.45) is 0.264. The minimum atomic E-state index is -0.497. The molecule has 0 amide bonds. The summed E-state index contributed by atoms with van der Waals surface area (Å²) in [6, 6.07) is 5.92. The molecule has 0 bridgehead atoms. The van der Waals surface area contributed by atoms with Crippen molar-refractivity contribution in [1.29, 1.82) is 0 Å². The van der Waals surface area contributed by atoms with E-state index in [1.807, 2.05) is 32.0 Å². The van der Waals surface area contributed by atoms with Crippen molar-refractivity contribution in [2.45, 2.75) is 39.2 Å². The first kappa shape index (κ1) is 14.2. The average Bonchev–Trinajstić information content (AvgIpc) is 2.82. The molecule has 102 valence electrons. The Morgan fingerprint density at radius 1 is 1.42 bits per heavy atom. The SMILES string of the molecule is CCC(c1nc(-c2ccc(C)c(Br)c2)no1)C(C)O. The van der Waals surface area contributed by atoms with Gasteiger partial charge in [0.1, 0.15) is 0 Å². The van der Waals surface area contributed by atoms with Crippen LogP contribution in [0.2, 0.25) is 0 Å². The Bertz CT molecular complexity index is 566. The van der Waals surface area contributed by atoms with E-state index in [-0.39, 0.29) is 5.92 Å². The predicted molar refractivity (Wildman–Crippen MR) is 76.9 cm³/mol. The van der Waals surface area contributed by atoms with Gasteiger partial charge in [-0.15, -0.1) is 0 Å². The van der Waals surface area contributed by atoms with Crippen LogP contribution in [-0.2, 0) is 0 Å². The van der Waals surface area contributed by atoms with Gasteiger partial charge in [-0.25, -0.2) is 0 Å². The molecule has 4 nitrogen and oxygen atoms in total. The Balaban J connectivity index is 2.32. The lowest BCUT2D eigenvalue weighted by molar-refractivity contribution is 0.141. The molecule has 1 heterocycles. The second-order valence-electron chi connectivity index (χ2n) is 4.68. The van der Waals surface area contributed by atoms with Crippen LogP contribution in [0.15, 0.2) is 27.2 Å². The number of hydrogen-bond donors (Lipinski definition) is 1. The Kier molecular flexibility index (Phi) is 4.37. The van der Waals surface area contributed by atoms with Crippen molar-refractivity contribution in [3.05, 3.63) is 34.1 Å². The van der Waals surface area contributed by atoms with E-state index in [0.29, 0.717) is 11.7 Å². The van der Waals surface area contributed by atoms with Gasteiger partial charge in [-0.1, -0.05) is 40.1 Å². The van der Waals surface area contributed by atoms with E-state index in [2.05, 4.69) is 26.1 Å². The zero-order valence-corrected chi connectivity index (χ0v) is 12.8. The molecular formula is C14H17BrN2O2. The van der Waals surface area contributed by atoms with Gasteiger partial charge in [0.15, 0.2) is 0 Å². The van der Waals surface area contributed by atoms with Gasteiger partial charge in [0.25, 0.3) is 0 Å². The molecule has 5 heteroatoms. The second-order valence-corrected chi connectivity index (χ2v) is 5.53. The number of benzene rings is 1. The lowest BCUT2D eigenvalue weighted by Crippen LogP contribution is -2.13. The molecule has 2 unspecified atom stereocenters. The van der Waals surface area contributed by atoms with Crippen molar-refractivity contribution in [1.82, 2.24) is 10.1 Å². The number of halogens is 1. The van der Waals surface area contributed by atoms with Crippen LogP contribution in [0.1, 0.15) is 37.6 Å². The van der Waals surface area contributed by atoms with Gasteiger partial charge in [0, 0.05) is 10.0 Å². The van der Waals surface area contributed by atoms with Gasteiger partial charge >= 0.3 is 0 Å². The highest BCUT2D eigenvalue weighted by molar-refractivity contribution is 9.10. The second kappa shape index (κ2) is 5.84. The smallest absolute Gasteiger partial charge is 0.232 e. The van der Waals surface area contributed by atoms with Crippen molar-refractivity contribution in [3.8, 4) is 11.4 Å². The van der Waals surface area contributed by atoms with E-state index in [4.69, 9.17) is 4.52 Å². The molecule has 0 aliphatic carbocycles. The molecule has 0 radical (unpaired) electrons. The third kappa shape index (κ3) is 3.04. The van der Waals surface area contributed by atoms with Crippen LogP contribution < -0.4 is 0 Å². The summed E-state index contributed by atoms with van der Waals surface area (Å²) >= 11 is 3.49. The molecule has 0 spiro atoms. The Morgan fingerprint density at radius 2 is 2.16 bits per heavy atom. The van der Waals surface area contributed by atoms with E-state index in [9.17, 15) is 5.11 Å². The van der Waals surface area contributed by atoms with E-state index in [1.165, 1.54) is 0 Å². The molecule has 2 rings (SSSR count). The zero-order chi connectivity index (χ0) is 14.0. The molecule has 0 aliphatic rings. The Labute approximate surface area is 121 Å². The fourth-order valence-corrected chi connectivity index (χ4v) is 2.34. The Morgan fingerprint density at radius 3 is 2.74 bits per heavy atom. The molecule has 1 aromatic heterocycles. The fourth-order valence-electron chi connectivity index (χ4n) is 1.96. The lowest BCUT2D eigenvalue weighted by atomic mass is 10.0. The number of hydrogen-bond acceptors (Lipinski definition) is 4. The van der Waals surface area contributed by atoms with Crippen LogP contribution in [0.5, 0.6) is 0 Å². The van der Waals surface area contributed by atoms with Crippen molar-refractivity contribution >= 4 is 15.9 Å². The molecule has 0 fully saturated rings.